The molecule has 5 nitrogen and oxygen atoms in total. The number of methoxy groups -OCH3 is 1. The van der Waals surface area contributed by atoms with E-state index in [1.54, 1.807) is 0 Å². The van der Waals surface area contributed by atoms with Crippen molar-refractivity contribution in [1.82, 2.24) is 0 Å². The molecule has 0 bridgehead atoms. The van der Waals surface area contributed by atoms with E-state index in [4.69, 9.17) is 11.5 Å². The Balaban J connectivity index is 4.21. The molecule has 11 heavy (non-hydrogen) atoms. The second-order valence-electron chi connectivity index (χ2n) is 2.55. The highest BCUT2D eigenvalue weighted by Crippen LogP contribution is 2.06. The van der Waals surface area contributed by atoms with Crippen molar-refractivity contribution >= 4 is 11.9 Å². The lowest BCUT2D eigenvalue weighted by Crippen LogP contribution is -2.48. The minimum Gasteiger partial charge on any atom is -0.468 e. The highest BCUT2D eigenvalue weighted by Gasteiger charge is 2.31. The largest absolute Gasteiger partial charge is 0.468 e. The molecule has 64 valence electrons. The predicted molar refractivity (Wildman–Crippen MR) is 38.4 cm³/mol. The molecule has 0 spiro atoms. The molecule has 0 fully saturated rings. The summed E-state index contributed by atoms with van der Waals surface area (Å²) in [7, 11) is 1.20. The topological polar surface area (TPSA) is 95.4 Å². The molecule has 0 heterocycles. The van der Waals surface area contributed by atoms with Gasteiger partial charge in [0, 0.05) is 0 Å². The van der Waals surface area contributed by atoms with E-state index in [0.717, 1.165) is 0 Å². The van der Waals surface area contributed by atoms with Gasteiger partial charge in [0.15, 0.2) is 0 Å². The SMILES string of the molecule is COC(=O)[C@](C)(N)CC(N)=O. The van der Waals surface area contributed by atoms with Gasteiger partial charge in [-0.1, -0.05) is 0 Å². The van der Waals surface area contributed by atoms with Gasteiger partial charge in [-0.15, -0.1) is 0 Å². The Hall–Kier alpha value is -1.10. The molecule has 0 saturated carbocycles. The molecule has 1 amide bonds. The van der Waals surface area contributed by atoms with Crippen LogP contribution in [0.4, 0.5) is 0 Å². The number of nitrogens with two attached hydrogens (primary N) is 2. The molecular weight excluding hydrogens is 148 g/mol. The summed E-state index contributed by atoms with van der Waals surface area (Å²) >= 11 is 0. The van der Waals surface area contributed by atoms with Crippen LogP contribution in [0.3, 0.4) is 0 Å². The molecule has 0 rings (SSSR count). The van der Waals surface area contributed by atoms with Crippen LogP contribution in [0, 0.1) is 0 Å². The average molecular weight is 160 g/mol. The molecule has 0 aliphatic carbocycles. The second-order valence-corrected chi connectivity index (χ2v) is 2.55. The van der Waals surface area contributed by atoms with Crippen LogP contribution in [-0.2, 0) is 14.3 Å². The van der Waals surface area contributed by atoms with E-state index in [2.05, 4.69) is 4.74 Å². The smallest absolute Gasteiger partial charge is 0.326 e. The molecule has 0 aliphatic rings. The van der Waals surface area contributed by atoms with Gasteiger partial charge in [0.05, 0.1) is 13.5 Å². The zero-order chi connectivity index (χ0) is 9.07. The highest BCUT2D eigenvalue weighted by atomic mass is 16.5. The third kappa shape index (κ3) is 2.99. The molecule has 0 aromatic rings. The van der Waals surface area contributed by atoms with Crippen LogP contribution in [0.25, 0.3) is 0 Å². The summed E-state index contributed by atoms with van der Waals surface area (Å²) in [5.41, 5.74) is 8.94. The lowest BCUT2D eigenvalue weighted by molar-refractivity contribution is -0.148. The average Bonchev–Trinajstić information content (AvgIpc) is 1.83. The van der Waals surface area contributed by atoms with Crippen LogP contribution in [0.1, 0.15) is 13.3 Å². The van der Waals surface area contributed by atoms with Crippen LogP contribution in [0.2, 0.25) is 0 Å². The first kappa shape index (κ1) is 9.90. The number of carbonyl (C=O) groups excluding carboxylic acids is 2. The normalized spacial score (nSPS) is 15.2. The predicted octanol–water partition coefficient (Wildman–Crippen LogP) is -1.25. The van der Waals surface area contributed by atoms with Crippen molar-refractivity contribution in [3.05, 3.63) is 0 Å². The van der Waals surface area contributed by atoms with E-state index in [1.165, 1.54) is 14.0 Å². The van der Waals surface area contributed by atoms with E-state index < -0.39 is 17.4 Å². The van der Waals surface area contributed by atoms with Crippen molar-refractivity contribution in [3.63, 3.8) is 0 Å². The summed E-state index contributed by atoms with van der Waals surface area (Å²) in [6, 6.07) is 0. The molecular formula is C6H12N2O3. The summed E-state index contributed by atoms with van der Waals surface area (Å²) in [6.07, 6.45) is -0.209. The maximum atomic E-state index is 10.8. The highest BCUT2D eigenvalue weighted by molar-refractivity contribution is 5.87. The van der Waals surface area contributed by atoms with E-state index in [9.17, 15) is 9.59 Å². The summed E-state index contributed by atoms with van der Waals surface area (Å²) in [5, 5.41) is 0. The van der Waals surface area contributed by atoms with Crippen LogP contribution in [0.15, 0.2) is 0 Å². The fraction of sp³-hybridized carbons (Fsp3) is 0.667. The van der Waals surface area contributed by atoms with Crippen molar-refractivity contribution in [1.29, 1.82) is 0 Å². The first-order chi connectivity index (χ1) is 4.90. The van der Waals surface area contributed by atoms with Gasteiger partial charge in [-0.05, 0) is 6.92 Å². The lowest BCUT2D eigenvalue weighted by Gasteiger charge is -2.18. The molecule has 4 N–H and O–H groups in total. The van der Waals surface area contributed by atoms with E-state index in [-0.39, 0.29) is 6.42 Å². The molecule has 0 unspecified atom stereocenters. The first-order valence-corrected chi connectivity index (χ1v) is 3.06. The zero-order valence-corrected chi connectivity index (χ0v) is 6.59. The maximum absolute atomic E-state index is 10.8. The quantitative estimate of drug-likeness (QED) is 0.504. The molecule has 0 saturated heterocycles. The minimum atomic E-state index is -1.30. The molecule has 0 aliphatic heterocycles. The van der Waals surface area contributed by atoms with Gasteiger partial charge in [0.25, 0.3) is 0 Å². The maximum Gasteiger partial charge on any atom is 0.326 e. The Morgan fingerprint density at radius 1 is 1.55 bits per heavy atom. The van der Waals surface area contributed by atoms with E-state index >= 15 is 0 Å². The van der Waals surface area contributed by atoms with Gasteiger partial charge in [0.1, 0.15) is 5.54 Å². The van der Waals surface area contributed by atoms with Gasteiger partial charge in [-0.3, -0.25) is 9.59 Å². The second kappa shape index (κ2) is 3.34. The van der Waals surface area contributed by atoms with Crippen LogP contribution in [0.5, 0.6) is 0 Å². The third-order valence-electron chi connectivity index (χ3n) is 1.19. The molecule has 1 atom stereocenters. The van der Waals surface area contributed by atoms with Crippen molar-refractivity contribution in [3.8, 4) is 0 Å². The number of amides is 1. The third-order valence-corrected chi connectivity index (χ3v) is 1.19. The number of esters is 1. The Morgan fingerprint density at radius 2 is 2.00 bits per heavy atom. The van der Waals surface area contributed by atoms with Gasteiger partial charge in [0.2, 0.25) is 5.91 Å². The number of ether oxygens (including phenoxy) is 1. The minimum absolute atomic E-state index is 0.209. The Morgan fingerprint density at radius 3 is 2.27 bits per heavy atom. The van der Waals surface area contributed by atoms with Crippen LogP contribution < -0.4 is 11.5 Å². The van der Waals surface area contributed by atoms with Gasteiger partial charge in [-0.25, -0.2) is 0 Å². The van der Waals surface area contributed by atoms with Crippen molar-refractivity contribution in [2.45, 2.75) is 18.9 Å². The standard InChI is InChI=1S/C6H12N2O3/c1-6(8,3-4(7)9)5(10)11-2/h3,8H2,1-2H3,(H2,7,9)/t6-/m1/s1. The summed E-state index contributed by atoms with van der Waals surface area (Å²) in [6.45, 7) is 1.39. The van der Waals surface area contributed by atoms with Crippen LogP contribution >= 0.6 is 0 Å². The summed E-state index contributed by atoms with van der Waals surface area (Å²) < 4.78 is 4.34. The van der Waals surface area contributed by atoms with Crippen molar-refractivity contribution in [2.75, 3.05) is 7.11 Å². The van der Waals surface area contributed by atoms with E-state index in [1.807, 2.05) is 0 Å². The fourth-order valence-electron chi connectivity index (χ4n) is 0.667. The summed E-state index contributed by atoms with van der Waals surface area (Å²) in [4.78, 5) is 21.2. The Kier molecular flexibility index (Phi) is 3.00. The first-order valence-electron chi connectivity index (χ1n) is 3.06. The number of hydrogen-bond donors (Lipinski definition) is 2. The van der Waals surface area contributed by atoms with Crippen molar-refractivity contribution < 1.29 is 14.3 Å². The molecule has 0 aromatic carbocycles. The fourth-order valence-corrected chi connectivity index (χ4v) is 0.667. The van der Waals surface area contributed by atoms with Crippen molar-refractivity contribution in [2.24, 2.45) is 11.5 Å². The van der Waals surface area contributed by atoms with Gasteiger partial charge in [-0.2, -0.15) is 0 Å². The van der Waals surface area contributed by atoms with Gasteiger partial charge < -0.3 is 16.2 Å². The number of hydrogen-bond acceptors (Lipinski definition) is 4. The Labute approximate surface area is 64.7 Å². The lowest BCUT2D eigenvalue weighted by atomic mass is 9.99. The summed E-state index contributed by atoms with van der Waals surface area (Å²) in [5.74, 6) is -1.27. The number of primary amides is 1. The molecule has 5 heteroatoms. The van der Waals surface area contributed by atoms with Crippen LogP contribution in [-0.4, -0.2) is 24.5 Å². The monoisotopic (exact) mass is 160 g/mol. The number of rotatable bonds is 3. The number of carbonyl (C=O) groups is 2. The Bertz CT molecular complexity index is 177. The molecule has 0 radical (unpaired) electrons. The zero-order valence-electron chi connectivity index (χ0n) is 6.59. The van der Waals surface area contributed by atoms with E-state index in [0.29, 0.717) is 0 Å². The van der Waals surface area contributed by atoms with Gasteiger partial charge >= 0.3 is 5.97 Å². The molecule has 0 aromatic heterocycles.